The molecule has 5 heteroatoms. The molecule has 0 aliphatic carbocycles. The number of methoxy groups -OCH3 is 1. The van der Waals surface area contributed by atoms with Crippen molar-refractivity contribution in [2.75, 3.05) is 7.11 Å². The number of imidazole rings is 1. The van der Waals surface area contributed by atoms with Crippen molar-refractivity contribution in [3.63, 3.8) is 0 Å². The summed E-state index contributed by atoms with van der Waals surface area (Å²) in [6, 6.07) is 5.75. The first kappa shape index (κ1) is 12.4. The zero-order chi connectivity index (χ0) is 13.3. The zero-order valence-electron chi connectivity index (χ0n) is 10.7. The highest BCUT2D eigenvalue weighted by Crippen LogP contribution is 2.25. The van der Waals surface area contributed by atoms with Crippen molar-refractivity contribution in [1.82, 2.24) is 9.55 Å². The van der Waals surface area contributed by atoms with E-state index < -0.39 is 5.97 Å². The fraction of sp³-hybridized carbons (Fsp3) is 0.385. The van der Waals surface area contributed by atoms with E-state index in [1.165, 1.54) is 0 Å². The van der Waals surface area contributed by atoms with Gasteiger partial charge in [0.05, 0.1) is 18.1 Å². The smallest absolute Gasteiger partial charge is 0.311 e. The number of carboxylic acid groups (broad SMARTS) is 1. The normalized spacial score (nSPS) is 11.1. The molecule has 0 aliphatic heterocycles. The molecule has 1 aromatic carbocycles. The molecule has 0 bridgehead atoms. The van der Waals surface area contributed by atoms with Crippen molar-refractivity contribution >= 4 is 17.0 Å². The zero-order valence-corrected chi connectivity index (χ0v) is 10.7. The first-order valence-electron chi connectivity index (χ1n) is 5.79. The maximum Gasteiger partial charge on any atom is 0.311 e. The van der Waals surface area contributed by atoms with Crippen LogP contribution in [-0.2, 0) is 11.2 Å². The van der Waals surface area contributed by atoms with Crippen LogP contribution < -0.4 is 4.74 Å². The van der Waals surface area contributed by atoms with Crippen LogP contribution in [0.5, 0.6) is 5.75 Å². The highest BCUT2D eigenvalue weighted by molar-refractivity contribution is 5.79. The Balaban J connectivity index is 2.62. The first-order chi connectivity index (χ1) is 8.52. The topological polar surface area (TPSA) is 64.3 Å². The third-order valence-electron chi connectivity index (χ3n) is 2.80. The van der Waals surface area contributed by atoms with Crippen LogP contribution in [0.4, 0.5) is 0 Å². The minimum Gasteiger partial charge on any atom is -0.497 e. The van der Waals surface area contributed by atoms with E-state index >= 15 is 0 Å². The largest absolute Gasteiger partial charge is 0.497 e. The number of hydrogen-bond donors (Lipinski definition) is 1. The standard InChI is InChI=1S/C13H16N2O3/c1-8(2)15-11-5-4-9(18-3)6-10(11)14-12(15)7-13(16)17/h4-6,8H,7H2,1-3H3,(H,16,17). The lowest BCUT2D eigenvalue weighted by Crippen LogP contribution is -2.11. The third-order valence-corrected chi connectivity index (χ3v) is 2.80. The molecule has 18 heavy (non-hydrogen) atoms. The predicted octanol–water partition coefficient (Wildman–Crippen LogP) is 2.25. The summed E-state index contributed by atoms with van der Waals surface area (Å²) >= 11 is 0. The van der Waals surface area contributed by atoms with Gasteiger partial charge in [0.1, 0.15) is 18.0 Å². The van der Waals surface area contributed by atoms with Gasteiger partial charge in [0.15, 0.2) is 0 Å². The maximum absolute atomic E-state index is 10.9. The number of nitrogens with zero attached hydrogens (tertiary/aromatic N) is 2. The molecule has 0 radical (unpaired) electrons. The number of carboxylic acids is 1. The second-order valence-corrected chi connectivity index (χ2v) is 4.42. The fourth-order valence-corrected chi connectivity index (χ4v) is 2.09. The fourth-order valence-electron chi connectivity index (χ4n) is 2.09. The Labute approximate surface area is 105 Å². The Morgan fingerprint density at radius 2 is 2.22 bits per heavy atom. The molecule has 0 saturated heterocycles. The van der Waals surface area contributed by atoms with E-state index in [4.69, 9.17) is 9.84 Å². The van der Waals surface area contributed by atoms with Gasteiger partial charge in [-0.05, 0) is 26.0 Å². The van der Waals surface area contributed by atoms with Crippen molar-refractivity contribution in [2.45, 2.75) is 26.3 Å². The average molecular weight is 248 g/mol. The van der Waals surface area contributed by atoms with Crippen molar-refractivity contribution in [2.24, 2.45) is 0 Å². The Morgan fingerprint density at radius 1 is 1.50 bits per heavy atom. The predicted molar refractivity (Wildman–Crippen MR) is 68.0 cm³/mol. The minimum atomic E-state index is -0.876. The first-order valence-corrected chi connectivity index (χ1v) is 5.79. The number of ether oxygens (including phenoxy) is 1. The lowest BCUT2D eigenvalue weighted by atomic mass is 10.2. The number of benzene rings is 1. The molecule has 0 aliphatic rings. The summed E-state index contributed by atoms with van der Waals surface area (Å²) in [5, 5.41) is 8.92. The van der Waals surface area contributed by atoms with Crippen LogP contribution in [-0.4, -0.2) is 27.7 Å². The van der Waals surface area contributed by atoms with Crippen LogP contribution in [0.3, 0.4) is 0 Å². The molecule has 0 fully saturated rings. The highest BCUT2D eigenvalue weighted by Gasteiger charge is 2.15. The van der Waals surface area contributed by atoms with E-state index in [1.807, 2.05) is 36.6 Å². The average Bonchev–Trinajstić information content (AvgIpc) is 2.64. The molecule has 1 N–H and O–H groups in total. The molecule has 2 aromatic rings. The van der Waals surface area contributed by atoms with Crippen LogP contribution in [0.25, 0.3) is 11.0 Å². The summed E-state index contributed by atoms with van der Waals surface area (Å²) < 4.78 is 7.09. The second-order valence-electron chi connectivity index (χ2n) is 4.42. The molecule has 96 valence electrons. The molecule has 5 nitrogen and oxygen atoms in total. The maximum atomic E-state index is 10.9. The lowest BCUT2D eigenvalue weighted by Gasteiger charge is -2.12. The quantitative estimate of drug-likeness (QED) is 0.901. The monoisotopic (exact) mass is 248 g/mol. The number of hydrogen-bond acceptors (Lipinski definition) is 3. The van der Waals surface area contributed by atoms with Crippen LogP contribution in [0.15, 0.2) is 18.2 Å². The Kier molecular flexibility index (Phi) is 3.23. The van der Waals surface area contributed by atoms with E-state index in [1.54, 1.807) is 7.11 Å². The van der Waals surface area contributed by atoms with Crippen LogP contribution in [0.1, 0.15) is 25.7 Å². The van der Waals surface area contributed by atoms with Gasteiger partial charge in [0.2, 0.25) is 0 Å². The van der Waals surface area contributed by atoms with Crippen LogP contribution in [0, 0.1) is 0 Å². The molecular formula is C13H16N2O3. The summed E-state index contributed by atoms with van der Waals surface area (Å²) in [5.41, 5.74) is 1.70. The molecule has 0 unspecified atom stereocenters. The van der Waals surface area contributed by atoms with Crippen LogP contribution in [0.2, 0.25) is 0 Å². The van der Waals surface area contributed by atoms with E-state index in [9.17, 15) is 4.79 Å². The van der Waals surface area contributed by atoms with Crippen LogP contribution >= 0.6 is 0 Å². The van der Waals surface area contributed by atoms with Gasteiger partial charge in [0.25, 0.3) is 0 Å². The molecule has 0 atom stereocenters. The summed E-state index contributed by atoms with van der Waals surface area (Å²) in [5.74, 6) is 0.415. The van der Waals surface area contributed by atoms with Gasteiger partial charge in [-0.25, -0.2) is 4.98 Å². The molecule has 1 aromatic heterocycles. The number of carbonyl (C=O) groups is 1. The highest BCUT2D eigenvalue weighted by atomic mass is 16.5. The number of fused-ring (bicyclic) bond motifs is 1. The number of aromatic nitrogens is 2. The van der Waals surface area contributed by atoms with Crippen molar-refractivity contribution < 1.29 is 14.6 Å². The van der Waals surface area contributed by atoms with Crippen molar-refractivity contribution in [3.05, 3.63) is 24.0 Å². The van der Waals surface area contributed by atoms with E-state index in [2.05, 4.69) is 4.98 Å². The lowest BCUT2D eigenvalue weighted by molar-refractivity contribution is -0.136. The van der Waals surface area contributed by atoms with Gasteiger partial charge < -0.3 is 14.4 Å². The van der Waals surface area contributed by atoms with E-state index in [0.717, 1.165) is 16.8 Å². The van der Waals surface area contributed by atoms with Gasteiger partial charge in [-0.15, -0.1) is 0 Å². The van der Waals surface area contributed by atoms with Crippen molar-refractivity contribution in [1.29, 1.82) is 0 Å². The van der Waals surface area contributed by atoms with Gasteiger partial charge in [-0.1, -0.05) is 0 Å². The second kappa shape index (κ2) is 4.68. The third kappa shape index (κ3) is 2.16. The Hall–Kier alpha value is -2.04. The van der Waals surface area contributed by atoms with Crippen molar-refractivity contribution in [3.8, 4) is 5.75 Å². The number of aliphatic carboxylic acids is 1. The summed E-state index contributed by atoms with van der Waals surface area (Å²) in [4.78, 5) is 15.3. The Bertz CT molecular complexity index is 587. The number of rotatable bonds is 4. The molecule has 0 spiro atoms. The molecular weight excluding hydrogens is 232 g/mol. The molecule has 2 rings (SSSR count). The minimum absolute atomic E-state index is 0.0742. The SMILES string of the molecule is COc1ccc2c(c1)nc(CC(=O)O)n2C(C)C. The van der Waals surface area contributed by atoms with E-state index in [-0.39, 0.29) is 12.5 Å². The molecule has 0 saturated carbocycles. The van der Waals surface area contributed by atoms with Gasteiger partial charge >= 0.3 is 5.97 Å². The summed E-state index contributed by atoms with van der Waals surface area (Å²) in [6.07, 6.45) is -0.0742. The molecule has 1 heterocycles. The van der Waals surface area contributed by atoms with Gasteiger partial charge in [-0.2, -0.15) is 0 Å². The summed E-state index contributed by atoms with van der Waals surface area (Å²) in [6.45, 7) is 4.02. The van der Waals surface area contributed by atoms with Gasteiger partial charge in [-0.3, -0.25) is 4.79 Å². The molecule has 0 amide bonds. The Morgan fingerprint density at radius 3 is 2.78 bits per heavy atom. The van der Waals surface area contributed by atoms with E-state index in [0.29, 0.717) is 5.82 Å². The van der Waals surface area contributed by atoms with Gasteiger partial charge in [0, 0.05) is 12.1 Å². The summed E-state index contributed by atoms with van der Waals surface area (Å²) in [7, 11) is 1.60.